The molecule has 13 nitrogen and oxygen atoms in total. The van der Waals surface area contributed by atoms with Crippen LogP contribution in [-0.4, -0.2) is 67.5 Å². The number of H-pyrrole nitrogens is 2. The van der Waals surface area contributed by atoms with Crippen molar-refractivity contribution in [3.05, 3.63) is 132 Å². The molecule has 49 heavy (non-hydrogen) atoms. The number of nitrogens with one attached hydrogen (secondary N) is 5. The smallest absolute Gasteiger partial charge is 0.328 e. The number of esters is 1. The molecule has 0 aliphatic rings. The van der Waals surface area contributed by atoms with E-state index >= 15 is 0 Å². The number of aromatic amines is 2. The van der Waals surface area contributed by atoms with Gasteiger partial charge in [-0.05, 0) is 54.4 Å². The topological polar surface area (TPSA) is 191 Å². The van der Waals surface area contributed by atoms with Gasteiger partial charge in [0.2, 0.25) is 0 Å². The molecule has 2 unspecified atom stereocenters. The molecule has 0 radical (unpaired) electrons. The van der Waals surface area contributed by atoms with E-state index in [4.69, 9.17) is 9.94 Å². The molecule has 0 aliphatic heterocycles. The second-order valence-electron chi connectivity index (χ2n) is 10.9. The van der Waals surface area contributed by atoms with E-state index in [1.807, 2.05) is 60.7 Å². The summed E-state index contributed by atoms with van der Waals surface area (Å²) in [4.78, 5) is 63.2. The summed E-state index contributed by atoms with van der Waals surface area (Å²) in [6.45, 7) is 2.01. The minimum atomic E-state index is -0.887. The van der Waals surface area contributed by atoms with Gasteiger partial charge in [0.15, 0.2) is 0 Å². The Kier molecular flexibility index (Phi) is 11.4. The number of rotatable bonds is 11. The summed E-state index contributed by atoms with van der Waals surface area (Å²) >= 11 is 0. The van der Waals surface area contributed by atoms with Crippen molar-refractivity contribution in [1.29, 1.82) is 0 Å². The van der Waals surface area contributed by atoms with Crippen molar-refractivity contribution < 1.29 is 29.1 Å². The third-order valence-electron chi connectivity index (χ3n) is 7.54. The maximum atomic E-state index is 12.6. The van der Waals surface area contributed by atoms with Gasteiger partial charge in [-0.25, -0.2) is 20.2 Å². The monoisotopic (exact) mass is 661 g/mol. The van der Waals surface area contributed by atoms with Crippen LogP contribution in [-0.2, 0) is 27.2 Å². The third kappa shape index (κ3) is 9.14. The lowest BCUT2D eigenvalue weighted by molar-refractivity contribution is -0.145. The molecule has 2 atom stereocenters. The number of hydrogen-bond acceptors (Lipinski definition) is 8. The summed E-state index contributed by atoms with van der Waals surface area (Å²) in [6, 6.07) is 27.3. The van der Waals surface area contributed by atoms with Gasteiger partial charge in [-0.15, -0.1) is 0 Å². The van der Waals surface area contributed by atoms with Gasteiger partial charge < -0.3 is 25.3 Å². The predicted octanol–water partition coefficient (Wildman–Crippen LogP) is 3.88. The van der Waals surface area contributed by atoms with Crippen LogP contribution in [0.3, 0.4) is 0 Å². The van der Waals surface area contributed by atoms with Gasteiger partial charge in [0.25, 0.3) is 17.7 Å². The molecular weight excluding hydrogens is 626 g/mol. The fraction of sp³-hybridized carbons (Fsp3) is 0.167. The number of hydrogen-bond donors (Lipinski definition) is 6. The van der Waals surface area contributed by atoms with E-state index in [0.717, 1.165) is 33.2 Å². The summed E-state index contributed by atoms with van der Waals surface area (Å²) in [5, 5.41) is 14.3. The zero-order chi connectivity index (χ0) is 34.6. The van der Waals surface area contributed by atoms with Crippen LogP contribution in [0.15, 0.2) is 110 Å². The molecule has 0 saturated heterocycles. The quantitative estimate of drug-likeness (QED) is 0.0685. The summed E-state index contributed by atoms with van der Waals surface area (Å²) in [7, 11) is 0. The predicted molar refractivity (Wildman–Crippen MR) is 182 cm³/mol. The molecular formula is C36H35N7O6. The van der Waals surface area contributed by atoms with E-state index < -0.39 is 29.9 Å². The molecule has 13 heteroatoms. The van der Waals surface area contributed by atoms with E-state index in [2.05, 4.69) is 30.6 Å². The maximum absolute atomic E-state index is 12.6. The number of benzene rings is 4. The molecule has 250 valence electrons. The van der Waals surface area contributed by atoms with Crippen molar-refractivity contribution >= 4 is 45.8 Å². The number of ether oxygens (including phenoxy) is 1. The van der Waals surface area contributed by atoms with E-state index in [-0.39, 0.29) is 18.9 Å². The highest BCUT2D eigenvalue weighted by molar-refractivity contribution is 6.00. The SMILES string of the molecule is CCOC(=O)C(Cc1ccccc1)NC(=O)c1ccc2nc[nH]c2c1.O=C(NC(Cc1ccccc1)C(=O)NO)c1ccc2nc[nH]c2c1. The van der Waals surface area contributed by atoms with Gasteiger partial charge in [0.1, 0.15) is 12.1 Å². The molecule has 6 aromatic rings. The Hall–Kier alpha value is -6.34. The first-order valence-corrected chi connectivity index (χ1v) is 15.5. The van der Waals surface area contributed by atoms with Crippen molar-refractivity contribution in [1.82, 2.24) is 36.0 Å². The fourth-order valence-electron chi connectivity index (χ4n) is 5.06. The Labute approximate surface area is 281 Å². The van der Waals surface area contributed by atoms with E-state index in [1.165, 1.54) is 0 Å². The number of imidazole rings is 2. The minimum Gasteiger partial charge on any atom is -0.464 e. The number of hydroxylamine groups is 1. The molecule has 6 N–H and O–H groups in total. The highest BCUT2D eigenvalue weighted by atomic mass is 16.5. The number of fused-ring (bicyclic) bond motifs is 2. The number of carbonyl (C=O) groups is 4. The Balaban J connectivity index is 0.000000191. The van der Waals surface area contributed by atoms with Gasteiger partial charge in [0, 0.05) is 24.0 Å². The summed E-state index contributed by atoms with van der Waals surface area (Å²) < 4.78 is 5.10. The first-order chi connectivity index (χ1) is 23.8. The molecule has 6 rings (SSSR count). The highest BCUT2D eigenvalue weighted by Gasteiger charge is 2.24. The Morgan fingerprint density at radius 2 is 1.16 bits per heavy atom. The van der Waals surface area contributed by atoms with E-state index in [9.17, 15) is 19.2 Å². The molecule has 0 aliphatic carbocycles. The lowest BCUT2D eigenvalue weighted by Gasteiger charge is -2.17. The van der Waals surface area contributed by atoms with Gasteiger partial charge in [-0.3, -0.25) is 19.6 Å². The Morgan fingerprint density at radius 1 is 0.694 bits per heavy atom. The van der Waals surface area contributed by atoms with Crippen molar-refractivity contribution in [3.63, 3.8) is 0 Å². The van der Waals surface area contributed by atoms with E-state index in [0.29, 0.717) is 17.5 Å². The van der Waals surface area contributed by atoms with Crippen molar-refractivity contribution in [2.45, 2.75) is 31.8 Å². The van der Waals surface area contributed by atoms with Crippen LogP contribution in [0.25, 0.3) is 22.1 Å². The maximum Gasteiger partial charge on any atom is 0.328 e. The second-order valence-corrected chi connectivity index (χ2v) is 10.9. The van der Waals surface area contributed by atoms with Crippen molar-refractivity contribution in [2.75, 3.05) is 6.61 Å². The molecule has 4 aromatic carbocycles. The zero-order valence-electron chi connectivity index (χ0n) is 26.6. The van der Waals surface area contributed by atoms with Crippen LogP contribution in [0.5, 0.6) is 0 Å². The molecule has 3 amide bonds. The Bertz CT molecular complexity index is 2030. The molecule has 0 saturated carbocycles. The van der Waals surface area contributed by atoms with Crippen LogP contribution in [0, 0.1) is 0 Å². The summed E-state index contributed by atoms with van der Waals surface area (Å²) in [5.74, 6) is -1.85. The zero-order valence-corrected chi connectivity index (χ0v) is 26.6. The van der Waals surface area contributed by atoms with Crippen molar-refractivity contribution in [2.24, 2.45) is 0 Å². The van der Waals surface area contributed by atoms with Crippen LogP contribution < -0.4 is 16.1 Å². The first-order valence-electron chi connectivity index (χ1n) is 15.5. The molecule has 0 bridgehead atoms. The summed E-state index contributed by atoms with van der Waals surface area (Å²) in [6.07, 6.45) is 3.76. The number of nitrogens with zero attached hydrogens (tertiary/aromatic N) is 2. The number of amides is 3. The fourth-order valence-corrected chi connectivity index (χ4v) is 5.06. The van der Waals surface area contributed by atoms with Crippen LogP contribution in [0.1, 0.15) is 38.8 Å². The minimum absolute atomic E-state index is 0.264. The van der Waals surface area contributed by atoms with Crippen molar-refractivity contribution in [3.8, 4) is 0 Å². The van der Waals surface area contributed by atoms with Gasteiger partial charge in [-0.1, -0.05) is 60.7 Å². The second kappa shape index (κ2) is 16.5. The lowest BCUT2D eigenvalue weighted by Crippen LogP contribution is -2.47. The largest absolute Gasteiger partial charge is 0.464 e. The van der Waals surface area contributed by atoms with E-state index in [1.54, 1.807) is 61.5 Å². The molecule has 0 fully saturated rings. The van der Waals surface area contributed by atoms with Gasteiger partial charge >= 0.3 is 5.97 Å². The highest BCUT2D eigenvalue weighted by Crippen LogP contribution is 2.14. The summed E-state index contributed by atoms with van der Waals surface area (Å²) in [5.41, 5.74) is 7.30. The first kappa shape index (κ1) is 34.0. The normalized spacial score (nSPS) is 11.9. The molecule has 2 aromatic heterocycles. The van der Waals surface area contributed by atoms with Crippen LogP contribution in [0.4, 0.5) is 0 Å². The average molecular weight is 662 g/mol. The average Bonchev–Trinajstić information content (AvgIpc) is 3.81. The third-order valence-corrected chi connectivity index (χ3v) is 7.54. The Morgan fingerprint density at radius 3 is 1.63 bits per heavy atom. The number of aromatic nitrogens is 4. The number of carbonyl (C=O) groups excluding carboxylic acids is 4. The van der Waals surface area contributed by atoms with Gasteiger partial charge in [-0.2, -0.15) is 0 Å². The van der Waals surface area contributed by atoms with Crippen LogP contribution in [0.2, 0.25) is 0 Å². The lowest BCUT2D eigenvalue weighted by atomic mass is 10.0. The molecule has 0 spiro atoms. The van der Waals surface area contributed by atoms with Gasteiger partial charge in [0.05, 0.1) is 41.3 Å². The van der Waals surface area contributed by atoms with Crippen LogP contribution >= 0.6 is 0 Å². The molecule has 2 heterocycles. The standard InChI is InChI=1S/C19H19N3O3.C17H16N4O3/c1-2-25-19(24)17(10-13-6-4-3-5-7-13)22-18(23)14-8-9-15-16(11-14)21-12-20-15;22-16(12-6-7-13-14(9-12)19-10-18-13)20-15(17(23)21-24)8-11-4-2-1-3-5-11/h3-9,11-12,17H,2,10H2,1H3,(H,20,21)(H,22,23);1-7,9-10,15,24H,8H2,(H,18,19)(H,20,22)(H,21,23).